The van der Waals surface area contributed by atoms with Crippen LogP contribution in [0.2, 0.25) is 0 Å². The topological polar surface area (TPSA) is 49.5 Å². The molecule has 0 fully saturated rings. The molecule has 0 aromatic heterocycles. The van der Waals surface area contributed by atoms with E-state index in [0.29, 0.717) is 0 Å². The van der Waals surface area contributed by atoms with Gasteiger partial charge in [-0.25, -0.2) is 0 Å². The molecule has 1 aromatic carbocycles. The summed E-state index contributed by atoms with van der Waals surface area (Å²) in [5.74, 6) is 0. The van der Waals surface area contributed by atoms with Crippen LogP contribution in [-0.4, -0.2) is 35.7 Å². The Bertz CT molecular complexity index is 384. The predicted molar refractivity (Wildman–Crippen MR) is 84.1 cm³/mol. The van der Waals surface area contributed by atoms with Gasteiger partial charge < -0.3 is 10.8 Å². The van der Waals surface area contributed by atoms with Gasteiger partial charge in [0.1, 0.15) is 0 Å². The molecule has 108 valence electrons. The first-order valence-corrected chi connectivity index (χ1v) is 7.64. The number of likely N-dealkylation sites (N-methyl/N-ethyl adjacent to an activating group) is 1. The predicted octanol–water partition coefficient (Wildman–Crippen LogP) is 2.93. The lowest BCUT2D eigenvalue weighted by Gasteiger charge is -2.33. The van der Waals surface area contributed by atoms with E-state index in [9.17, 15) is 5.11 Å². The minimum Gasteiger partial charge on any atom is -0.393 e. The molecule has 0 bridgehead atoms. The molecule has 0 aliphatic rings. The summed E-state index contributed by atoms with van der Waals surface area (Å²) in [5.41, 5.74) is 7.51. The van der Waals surface area contributed by atoms with Crippen molar-refractivity contribution in [1.82, 2.24) is 4.90 Å². The van der Waals surface area contributed by atoms with Crippen molar-refractivity contribution in [3.05, 3.63) is 34.3 Å². The highest BCUT2D eigenvalue weighted by molar-refractivity contribution is 9.10. The Labute approximate surface area is 124 Å². The number of rotatable bonds is 7. The molecule has 1 rings (SSSR count). The third kappa shape index (κ3) is 5.22. The van der Waals surface area contributed by atoms with Gasteiger partial charge >= 0.3 is 0 Å². The van der Waals surface area contributed by atoms with Gasteiger partial charge in [0.15, 0.2) is 0 Å². The van der Waals surface area contributed by atoms with Crippen LogP contribution in [0.3, 0.4) is 0 Å². The van der Waals surface area contributed by atoms with Crippen LogP contribution in [0, 0.1) is 0 Å². The number of nitrogens with zero attached hydrogens (tertiary/aromatic N) is 1. The molecule has 0 saturated carbocycles. The maximum absolute atomic E-state index is 9.43. The molecule has 3 unspecified atom stereocenters. The number of nitrogens with two attached hydrogens (primary N) is 1. The van der Waals surface area contributed by atoms with Crippen LogP contribution in [0.1, 0.15) is 38.3 Å². The fraction of sp³-hybridized carbons (Fsp3) is 0.600. The van der Waals surface area contributed by atoms with E-state index < -0.39 is 0 Å². The van der Waals surface area contributed by atoms with Crippen molar-refractivity contribution in [2.75, 3.05) is 13.6 Å². The number of hydrogen-bond acceptors (Lipinski definition) is 3. The Hall–Kier alpha value is -0.420. The first-order chi connectivity index (χ1) is 8.95. The maximum atomic E-state index is 9.43. The summed E-state index contributed by atoms with van der Waals surface area (Å²) in [4.78, 5) is 2.24. The molecule has 0 radical (unpaired) electrons. The fourth-order valence-corrected chi connectivity index (χ4v) is 2.69. The Balaban J connectivity index is 2.88. The molecule has 0 aliphatic heterocycles. The van der Waals surface area contributed by atoms with E-state index in [1.54, 1.807) is 0 Å². The van der Waals surface area contributed by atoms with Crippen LogP contribution < -0.4 is 5.73 Å². The number of hydrogen-bond donors (Lipinski definition) is 2. The third-order valence-corrected chi connectivity index (χ3v) is 3.93. The molecule has 0 amide bonds. The molecule has 4 heteroatoms. The van der Waals surface area contributed by atoms with Crippen LogP contribution in [0.5, 0.6) is 0 Å². The Morgan fingerprint density at radius 2 is 2.11 bits per heavy atom. The van der Waals surface area contributed by atoms with E-state index in [1.807, 2.05) is 19.1 Å². The van der Waals surface area contributed by atoms with E-state index in [4.69, 9.17) is 5.73 Å². The first-order valence-electron chi connectivity index (χ1n) is 6.85. The highest BCUT2D eigenvalue weighted by Gasteiger charge is 2.23. The molecule has 1 aromatic rings. The van der Waals surface area contributed by atoms with Crippen molar-refractivity contribution >= 4 is 15.9 Å². The monoisotopic (exact) mass is 328 g/mol. The summed E-state index contributed by atoms with van der Waals surface area (Å²) in [6.07, 6.45) is 1.41. The van der Waals surface area contributed by atoms with Crippen molar-refractivity contribution in [2.24, 2.45) is 5.73 Å². The van der Waals surface area contributed by atoms with Crippen molar-refractivity contribution in [2.45, 2.75) is 44.9 Å². The Morgan fingerprint density at radius 1 is 1.42 bits per heavy atom. The number of halogens is 1. The van der Waals surface area contributed by atoms with Crippen LogP contribution >= 0.6 is 15.9 Å². The third-order valence-electron chi connectivity index (χ3n) is 3.44. The van der Waals surface area contributed by atoms with Gasteiger partial charge in [-0.1, -0.05) is 35.0 Å². The van der Waals surface area contributed by atoms with Gasteiger partial charge in [-0.05, 0) is 44.5 Å². The molecule has 0 saturated heterocycles. The highest BCUT2D eigenvalue weighted by Crippen LogP contribution is 2.26. The first kappa shape index (κ1) is 16.6. The van der Waals surface area contributed by atoms with E-state index in [1.165, 1.54) is 5.56 Å². The zero-order valence-electron chi connectivity index (χ0n) is 12.0. The van der Waals surface area contributed by atoms with E-state index in [2.05, 4.69) is 46.9 Å². The highest BCUT2D eigenvalue weighted by atomic mass is 79.9. The molecule has 19 heavy (non-hydrogen) atoms. The van der Waals surface area contributed by atoms with Crippen molar-refractivity contribution < 1.29 is 5.11 Å². The number of benzene rings is 1. The number of aliphatic hydroxyl groups excluding tert-OH is 1. The Morgan fingerprint density at radius 3 is 2.63 bits per heavy atom. The summed E-state index contributed by atoms with van der Waals surface area (Å²) in [5, 5.41) is 9.43. The van der Waals surface area contributed by atoms with Gasteiger partial charge in [0.25, 0.3) is 0 Å². The SMILES string of the molecule is CCC(N)C(c1cccc(Br)c1)N(C)CCC(C)O. The standard InChI is InChI=1S/C15H25BrN2O/c1-4-14(17)15(18(3)9-8-11(2)19)12-6-5-7-13(16)10-12/h5-7,10-11,14-15,19H,4,8-9,17H2,1-3H3. The van der Waals surface area contributed by atoms with Crippen LogP contribution in [0.15, 0.2) is 28.7 Å². The zero-order valence-corrected chi connectivity index (χ0v) is 13.6. The minimum atomic E-state index is -0.275. The lowest BCUT2D eigenvalue weighted by molar-refractivity contribution is 0.140. The van der Waals surface area contributed by atoms with Crippen molar-refractivity contribution in [1.29, 1.82) is 0 Å². The summed E-state index contributed by atoms with van der Waals surface area (Å²) < 4.78 is 1.07. The van der Waals surface area contributed by atoms with Gasteiger partial charge in [-0.3, -0.25) is 4.90 Å². The Kier molecular flexibility index (Phi) is 7.00. The van der Waals surface area contributed by atoms with Gasteiger partial charge in [0.2, 0.25) is 0 Å². The molecule has 0 heterocycles. The summed E-state index contributed by atoms with van der Waals surface area (Å²) >= 11 is 3.51. The second-order valence-corrected chi connectivity index (χ2v) is 6.11. The van der Waals surface area contributed by atoms with Crippen LogP contribution in [-0.2, 0) is 0 Å². The summed E-state index contributed by atoms with van der Waals surface area (Å²) in [6.45, 7) is 4.77. The maximum Gasteiger partial charge on any atom is 0.0524 e. The lowest BCUT2D eigenvalue weighted by atomic mass is 9.96. The van der Waals surface area contributed by atoms with Gasteiger partial charge in [0, 0.05) is 23.1 Å². The molecule has 3 N–H and O–H groups in total. The van der Waals surface area contributed by atoms with Crippen LogP contribution in [0.4, 0.5) is 0 Å². The fourth-order valence-electron chi connectivity index (χ4n) is 2.27. The molecular formula is C15H25BrN2O. The second-order valence-electron chi connectivity index (χ2n) is 5.19. The normalized spacial score (nSPS) is 16.4. The van der Waals surface area contributed by atoms with E-state index in [-0.39, 0.29) is 18.2 Å². The van der Waals surface area contributed by atoms with Gasteiger partial charge in [-0.2, -0.15) is 0 Å². The van der Waals surface area contributed by atoms with Crippen molar-refractivity contribution in [3.63, 3.8) is 0 Å². The largest absolute Gasteiger partial charge is 0.393 e. The molecule has 3 nitrogen and oxygen atoms in total. The minimum absolute atomic E-state index is 0.0910. The average molecular weight is 329 g/mol. The van der Waals surface area contributed by atoms with Gasteiger partial charge in [0.05, 0.1) is 6.10 Å². The van der Waals surface area contributed by atoms with Gasteiger partial charge in [-0.15, -0.1) is 0 Å². The van der Waals surface area contributed by atoms with Crippen LogP contribution in [0.25, 0.3) is 0 Å². The zero-order chi connectivity index (χ0) is 14.4. The summed E-state index contributed by atoms with van der Waals surface area (Å²) in [7, 11) is 2.07. The molecule has 3 atom stereocenters. The lowest BCUT2D eigenvalue weighted by Crippen LogP contribution is -2.39. The smallest absolute Gasteiger partial charge is 0.0524 e. The molecule has 0 aliphatic carbocycles. The molecular weight excluding hydrogens is 304 g/mol. The number of aliphatic hydroxyl groups is 1. The van der Waals surface area contributed by atoms with E-state index in [0.717, 1.165) is 23.9 Å². The second kappa shape index (κ2) is 8.00. The summed E-state index contributed by atoms with van der Waals surface area (Å²) in [6, 6.07) is 8.57. The quantitative estimate of drug-likeness (QED) is 0.809. The van der Waals surface area contributed by atoms with E-state index >= 15 is 0 Å². The van der Waals surface area contributed by atoms with Crippen molar-refractivity contribution in [3.8, 4) is 0 Å². The average Bonchev–Trinajstić information content (AvgIpc) is 2.36. The molecule has 0 spiro atoms.